The van der Waals surface area contributed by atoms with Crippen molar-refractivity contribution in [1.29, 1.82) is 0 Å². The largest absolute Gasteiger partial charge is 0.508 e. The van der Waals surface area contributed by atoms with Gasteiger partial charge in [0.2, 0.25) is 5.91 Å². The van der Waals surface area contributed by atoms with E-state index in [1.807, 2.05) is 0 Å². The second kappa shape index (κ2) is 7.60. The molecule has 9 nitrogen and oxygen atoms in total. The average molecular weight is 351 g/mol. The van der Waals surface area contributed by atoms with Gasteiger partial charge in [-0.15, -0.1) is 0 Å². The number of carbonyl (C=O) groups is 3. The molecule has 0 saturated carbocycles. The number of nitrogens with two attached hydrogens (primary N) is 2. The summed E-state index contributed by atoms with van der Waals surface area (Å²) in [7, 11) is 0. The predicted octanol–water partition coefficient (Wildman–Crippen LogP) is -1.22. The third kappa shape index (κ3) is 3.95. The summed E-state index contributed by atoms with van der Waals surface area (Å²) < 4.78 is -0.550. The quantitative estimate of drug-likeness (QED) is 0.416. The normalized spacial score (nSPS) is 17.6. The molecule has 1 aromatic rings. The molecule has 0 aliphatic carbocycles. The minimum atomic E-state index is -1.02. The van der Waals surface area contributed by atoms with Crippen molar-refractivity contribution >= 4 is 17.7 Å². The summed E-state index contributed by atoms with van der Waals surface area (Å²) in [6, 6.07) is 2.57. The number of aromatic hydroxyl groups is 2. The van der Waals surface area contributed by atoms with Crippen LogP contribution in [0.25, 0.3) is 0 Å². The van der Waals surface area contributed by atoms with Crippen LogP contribution in [0.5, 0.6) is 11.5 Å². The Kier molecular flexibility index (Phi) is 5.73. The molecule has 0 aromatic heterocycles. The summed E-state index contributed by atoms with van der Waals surface area (Å²) in [6.07, 6.45) is 0.000240. The number of phenolic OH excluding ortho intramolecular Hbond substituents is 2. The molecule has 3 amide bonds. The fraction of sp³-hybridized carbons (Fsp3) is 0.438. The van der Waals surface area contributed by atoms with Gasteiger partial charge < -0.3 is 27.0 Å². The zero-order chi connectivity index (χ0) is 18.6. The Balaban J connectivity index is 2.35. The van der Waals surface area contributed by atoms with Gasteiger partial charge in [0.15, 0.2) is 0 Å². The molecule has 7 N–H and O–H groups in total. The van der Waals surface area contributed by atoms with Crippen molar-refractivity contribution < 1.29 is 29.1 Å². The molecule has 1 saturated heterocycles. The van der Waals surface area contributed by atoms with Crippen molar-refractivity contribution in [3.05, 3.63) is 23.8 Å². The van der Waals surface area contributed by atoms with Gasteiger partial charge in [0.1, 0.15) is 36.2 Å². The monoisotopic (exact) mass is 351 g/mol. The van der Waals surface area contributed by atoms with Crippen LogP contribution in [-0.2, 0) is 9.59 Å². The molecule has 1 fully saturated rings. The molecule has 0 bridgehead atoms. The number of benzene rings is 1. The Labute approximate surface area is 144 Å². The van der Waals surface area contributed by atoms with E-state index in [0.717, 1.165) is 6.07 Å². The number of carbonyl (C=O) groups excluding carboxylic acids is 3. The van der Waals surface area contributed by atoms with Crippen LogP contribution in [-0.4, -0.2) is 64.6 Å². The van der Waals surface area contributed by atoms with Crippen LogP contribution >= 0.6 is 0 Å². The molecule has 1 heterocycles. The summed E-state index contributed by atoms with van der Waals surface area (Å²) in [6.45, 7) is 1.22. The van der Waals surface area contributed by atoms with Crippen LogP contribution in [0.4, 0.5) is 0 Å². The molecule has 2 rings (SSSR count). The van der Waals surface area contributed by atoms with Crippen molar-refractivity contribution in [1.82, 2.24) is 5.32 Å². The zero-order valence-corrected chi connectivity index (χ0v) is 13.8. The second-order valence-electron chi connectivity index (χ2n) is 6.12. The zero-order valence-electron chi connectivity index (χ0n) is 13.8. The highest BCUT2D eigenvalue weighted by molar-refractivity contribution is 5.99. The molecular formula is C16H23N4O5+. The van der Waals surface area contributed by atoms with E-state index in [9.17, 15) is 24.6 Å². The highest BCUT2D eigenvalue weighted by Gasteiger charge is 2.48. The molecule has 136 valence electrons. The number of phenols is 2. The first-order chi connectivity index (χ1) is 11.8. The lowest BCUT2D eigenvalue weighted by atomic mass is 10.0. The third-order valence-electron chi connectivity index (χ3n) is 4.38. The van der Waals surface area contributed by atoms with E-state index in [0.29, 0.717) is 13.1 Å². The SMILES string of the molecule is NC(=O)CC[C@H](N)C(=O)[N+]1(C(=O)c2ccc(O)cc2O)CCNCC1. The highest BCUT2D eigenvalue weighted by Crippen LogP contribution is 2.28. The Morgan fingerprint density at radius 3 is 2.40 bits per heavy atom. The number of nitrogens with zero attached hydrogens (tertiary/aromatic N) is 1. The summed E-state index contributed by atoms with van der Waals surface area (Å²) in [5, 5.41) is 22.5. The number of hydrogen-bond acceptors (Lipinski definition) is 7. The topological polar surface area (TPSA) is 156 Å². The molecule has 0 unspecified atom stereocenters. The standard InChI is InChI=1S/C16H22N4O5/c17-12(3-4-14(18)23)16(25)20(7-5-19-6-8-20)15(24)11-2-1-10(21)9-13(11)22/h1-2,9,12,19H,3-8,17H2,(H3-,18,21,22,23,24)/p+1/t12-/m0/s1. The van der Waals surface area contributed by atoms with E-state index in [2.05, 4.69) is 5.32 Å². The van der Waals surface area contributed by atoms with Crippen LogP contribution in [0.15, 0.2) is 18.2 Å². The fourth-order valence-corrected chi connectivity index (χ4v) is 2.97. The van der Waals surface area contributed by atoms with Crippen LogP contribution < -0.4 is 16.8 Å². The lowest BCUT2D eigenvalue weighted by molar-refractivity contribution is -0.776. The Bertz CT molecular complexity index is 685. The van der Waals surface area contributed by atoms with Crippen molar-refractivity contribution in [2.45, 2.75) is 18.9 Å². The number of piperazine rings is 1. The number of hydrogen-bond donors (Lipinski definition) is 5. The van der Waals surface area contributed by atoms with Crippen molar-refractivity contribution in [3.63, 3.8) is 0 Å². The molecule has 9 heteroatoms. The smallest absolute Gasteiger partial charge is 0.357 e. The predicted molar refractivity (Wildman–Crippen MR) is 88.4 cm³/mol. The minimum Gasteiger partial charge on any atom is -0.508 e. The lowest BCUT2D eigenvalue weighted by Crippen LogP contribution is -2.68. The van der Waals surface area contributed by atoms with Crippen molar-refractivity contribution in [3.8, 4) is 11.5 Å². The maximum atomic E-state index is 13.1. The van der Waals surface area contributed by atoms with Gasteiger partial charge in [0.25, 0.3) is 0 Å². The van der Waals surface area contributed by atoms with Gasteiger partial charge in [-0.1, -0.05) is 0 Å². The van der Waals surface area contributed by atoms with Gasteiger partial charge in [-0.2, -0.15) is 4.48 Å². The van der Waals surface area contributed by atoms with E-state index in [1.165, 1.54) is 12.1 Å². The van der Waals surface area contributed by atoms with Gasteiger partial charge >= 0.3 is 11.8 Å². The number of rotatable bonds is 5. The Hall–Kier alpha value is -2.49. The molecule has 0 radical (unpaired) electrons. The van der Waals surface area contributed by atoms with E-state index in [-0.39, 0.29) is 37.2 Å². The van der Waals surface area contributed by atoms with Gasteiger partial charge in [0, 0.05) is 25.6 Å². The number of primary amides is 1. The maximum Gasteiger partial charge on any atom is 0.357 e. The van der Waals surface area contributed by atoms with E-state index in [4.69, 9.17) is 11.5 Å². The molecule has 1 aromatic carbocycles. The minimum absolute atomic E-state index is 0.0518. The van der Waals surface area contributed by atoms with Gasteiger partial charge in [0.05, 0.1) is 0 Å². The van der Waals surface area contributed by atoms with Gasteiger partial charge in [-0.25, -0.2) is 9.59 Å². The van der Waals surface area contributed by atoms with Crippen molar-refractivity contribution in [2.75, 3.05) is 26.2 Å². The Morgan fingerprint density at radius 2 is 1.84 bits per heavy atom. The average Bonchev–Trinajstić information content (AvgIpc) is 2.59. The van der Waals surface area contributed by atoms with Crippen LogP contribution in [0.3, 0.4) is 0 Å². The number of nitrogens with one attached hydrogen (secondary N) is 1. The van der Waals surface area contributed by atoms with Crippen molar-refractivity contribution in [2.24, 2.45) is 11.5 Å². The molecular weight excluding hydrogens is 328 g/mol. The molecule has 1 atom stereocenters. The first-order valence-electron chi connectivity index (χ1n) is 8.01. The summed E-state index contributed by atoms with van der Waals surface area (Å²) >= 11 is 0. The lowest BCUT2D eigenvalue weighted by Gasteiger charge is -2.38. The van der Waals surface area contributed by atoms with E-state index < -0.39 is 34.0 Å². The van der Waals surface area contributed by atoms with E-state index >= 15 is 0 Å². The Morgan fingerprint density at radius 1 is 1.20 bits per heavy atom. The van der Waals surface area contributed by atoms with Crippen LogP contribution in [0, 0.1) is 0 Å². The first-order valence-corrected chi connectivity index (χ1v) is 8.01. The van der Waals surface area contributed by atoms with E-state index in [1.54, 1.807) is 0 Å². The fourth-order valence-electron chi connectivity index (χ4n) is 2.97. The summed E-state index contributed by atoms with van der Waals surface area (Å²) in [5.74, 6) is -2.26. The molecule has 1 aliphatic rings. The third-order valence-corrected chi connectivity index (χ3v) is 4.38. The second-order valence-corrected chi connectivity index (χ2v) is 6.12. The molecule has 0 spiro atoms. The van der Waals surface area contributed by atoms with Gasteiger partial charge in [-0.3, -0.25) is 4.79 Å². The number of imide groups is 1. The first kappa shape index (κ1) is 18.8. The van der Waals surface area contributed by atoms with Crippen LogP contribution in [0.2, 0.25) is 0 Å². The highest BCUT2D eigenvalue weighted by atomic mass is 16.3. The van der Waals surface area contributed by atoms with Gasteiger partial charge in [-0.05, 0) is 18.6 Å². The molecule has 25 heavy (non-hydrogen) atoms. The maximum absolute atomic E-state index is 13.1. The number of amides is 3. The number of quaternary nitrogens is 1. The summed E-state index contributed by atoms with van der Waals surface area (Å²) in [5.41, 5.74) is 10.9. The van der Waals surface area contributed by atoms with Crippen LogP contribution in [0.1, 0.15) is 23.2 Å². The summed E-state index contributed by atoms with van der Waals surface area (Å²) in [4.78, 5) is 36.9. The molecule has 1 aliphatic heterocycles.